The molecule has 0 heterocycles. The van der Waals surface area contributed by atoms with Gasteiger partial charge in [0.05, 0.1) is 4.92 Å². The average molecular weight is 233 g/mol. The molecular weight excluding hydrogens is 228 g/mol. The van der Waals surface area contributed by atoms with Gasteiger partial charge in [-0.1, -0.05) is 6.07 Å². The molecule has 0 amide bonds. The van der Waals surface area contributed by atoms with Crippen molar-refractivity contribution < 1.29 is 9.76 Å². The highest BCUT2D eigenvalue weighted by Crippen LogP contribution is 2.32. The Labute approximate surface area is 76.4 Å². The predicted octanol–water partition coefficient (Wildman–Crippen LogP) is 1.61. The number of halogens is 1. The van der Waals surface area contributed by atoms with Crippen LogP contribution in [0.2, 0.25) is 0 Å². The molecule has 0 aliphatic carbocycles. The van der Waals surface area contributed by atoms with Gasteiger partial charge in [-0.25, -0.2) is 0 Å². The highest BCUT2D eigenvalue weighted by molar-refractivity contribution is 9.10. The molecule has 0 saturated carbocycles. The van der Waals surface area contributed by atoms with Gasteiger partial charge in [0.15, 0.2) is 5.75 Å². The molecule has 0 atom stereocenters. The van der Waals surface area contributed by atoms with Crippen molar-refractivity contribution in [3.05, 3.63) is 32.8 Å². The molecule has 64 valence electrons. The first-order chi connectivity index (χ1) is 5.66. The second kappa shape index (κ2) is 3.51. The number of rotatable bonds is 2. The first-order valence-corrected chi connectivity index (χ1v) is 3.75. The van der Waals surface area contributed by atoms with Crippen molar-refractivity contribution in [3.8, 4) is 5.75 Å². The van der Waals surface area contributed by atoms with Gasteiger partial charge in [-0.05, 0) is 22.0 Å². The largest absolute Gasteiger partial charge is 0.410 e. The summed E-state index contributed by atoms with van der Waals surface area (Å²) in [6, 6.07) is 4.37. The van der Waals surface area contributed by atoms with Gasteiger partial charge in [-0.2, -0.15) is 5.90 Å². The average Bonchev–Trinajstić information content (AvgIpc) is 2.04. The molecule has 0 aliphatic heterocycles. The second-order valence-electron chi connectivity index (χ2n) is 1.96. The second-order valence-corrected chi connectivity index (χ2v) is 2.76. The summed E-state index contributed by atoms with van der Waals surface area (Å²) in [7, 11) is 0. The Kier molecular flexibility index (Phi) is 2.61. The van der Waals surface area contributed by atoms with E-state index in [1.165, 1.54) is 18.2 Å². The van der Waals surface area contributed by atoms with E-state index in [0.29, 0.717) is 0 Å². The van der Waals surface area contributed by atoms with E-state index >= 15 is 0 Å². The molecule has 1 aromatic rings. The summed E-state index contributed by atoms with van der Waals surface area (Å²) in [5.74, 6) is 5.11. The molecule has 6 heteroatoms. The molecule has 0 radical (unpaired) electrons. The van der Waals surface area contributed by atoms with Crippen molar-refractivity contribution in [1.82, 2.24) is 0 Å². The van der Waals surface area contributed by atoms with Crippen molar-refractivity contribution in [2.75, 3.05) is 0 Å². The van der Waals surface area contributed by atoms with Crippen molar-refractivity contribution in [3.63, 3.8) is 0 Å². The van der Waals surface area contributed by atoms with Crippen LogP contribution in [0.5, 0.6) is 5.75 Å². The number of benzene rings is 1. The standard InChI is InChI=1S/C6H5BrN2O3/c7-6-4(9(10)11)2-1-3-5(6)12-8/h1-3H,8H2. The van der Waals surface area contributed by atoms with E-state index in [1.807, 2.05) is 0 Å². The van der Waals surface area contributed by atoms with Crippen LogP contribution < -0.4 is 10.7 Å². The zero-order chi connectivity index (χ0) is 9.14. The number of nitrogens with zero attached hydrogens (tertiary/aromatic N) is 1. The quantitative estimate of drug-likeness (QED) is 0.621. The van der Waals surface area contributed by atoms with Gasteiger partial charge in [-0.3, -0.25) is 10.1 Å². The Balaban J connectivity index is 3.23. The first-order valence-electron chi connectivity index (χ1n) is 2.96. The predicted molar refractivity (Wildman–Crippen MR) is 45.6 cm³/mol. The monoisotopic (exact) mass is 232 g/mol. The SMILES string of the molecule is NOc1cccc([N+](=O)[O-])c1Br. The van der Waals surface area contributed by atoms with E-state index in [2.05, 4.69) is 20.8 Å². The third-order valence-electron chi connectivity index (χ3n) is 1.27. The summed E-state index contributed by atoms with van der Waals surface area (Å²) in [4.78, 5) is 14.2. The number of nitro benzene ring substituents is 1. The molecule has 1 aromatic carbocycles. The van der Waals surface area contributed by atoms with Crippen LogP contribution in [0.15, 0.2) is 22.7 Å². The summed E-state index contributed by atoms with van der Waals surface area (Å²) in [6.45, 7) is 0. The van der Waals surface area contributed by atoms with Crippen LogP contribution in [0.25, 0.3) is 0 Å². The summed E-state index contributed by atoms with van der Waals surface area (Å²) in [5.41, 5.74) is -0.0713. The molecular formula is C6H5BrN2O3. The minimum Gasteiger partial charge on any atom is -0.410 e. The third kappa shape index (κ3) is 1.54. The molecule has 12 heavy (non-hydrogen) atoms. The van der Waals surface area contributed by atoms with E-state index in [-0.39, 0.29) is 15.9 Å². The molecule has 2 N–H and O–H groups in total. The molecule has 5 nitrogen and oxygen atoms in total. The van der Waals surface area contributed by atoms with Crippen LogP contribution in [0.1, 0.15) is 0 Å². The molecule has 0 aromatic heterocycles. The maximum Gasteiger partial charge on any atom is 0.287 e. The summed E-state index contributed by atoms with van der Waals surface area (Å²) in [6.07, 6.45) is 0. The maximum absolute atomic E-state index is 10.4. The lowest BCUT2D eigenvalue weighted by molar-refractivity contribution is -0.385. The maximum atomic E-state index is 10.4. The molecule has 0 bridgehead atoms. The van der Waals surface area contributed by atoms with Gasteiger partial charge in [-0.15, -0.1) is 0 Å². The fraction of sp³-hybridized carbons (Fsp3) is 0. The Morgan fingerprint density at radius 2 is 2.25 bits per heavy atom. The van der Waals surface area contributed by atoms with E-state index in [9.17, 15) is 10.1 Å². The van der Waals surface area contributed by atoms with Crippen LogP contribution in [0, 0.1) is 10.1 Å². The summed E-state index contributed by atoms with van der Waals surface area (Å²) in [5, 5.41) is 10.4. The summed E-state index contributed by atoms with van der Waals surface area (Å²) < 4.78 is 0.248. The van der Waals surface area contributed by atoms with Crippen molar-refractivity contribution in [1.29, 1.82) is 0 Å². The van der Waals surface area contributed by atoms with E-state index in [4.69, 9.17) is 5.90 Å². The number of nitro groups is 1. The van der Waals surface area contributed by atoms with E-state index in [1.54, 1.807) is 0 Å². The summed E-state index contributed by atoms with van der Waals surface area (Å²) >= 11 is 3.00. The Morgan fingerprint density at radius 3 is 2.75 bits per heavy atom. The molecule has 1 rings (SSSR count). The fourth-order valence-corrected chi connectivity index (χ4v) is 1.23. The minimum absolute atomic E-state index is 0.0713. The number of nitrogens with two attached hydrogens (primary N) is 1. The molecule has 0 aliphatic rings. The van der Waals surface area contributed by atoms with Crippen molar-refractivity contribution >= 4 is 21.6 Å². The van der Waals surface area contributed by atoms with Gasteiger partial charge in [0.1, 0.15) is 4.47 Å². The molecule has 0 spiro atoms. The zero-order valence-corrected chi connectivity index (χ0v) is 7.45. The highest BCUT2D eigenvalue weighted by atomic mass is 79.9. The normalized spacial score (nSPS) is 9.50. The van der Waals surface area contributed by atoms with Crippen LogP contribution in [-0.4, -0.2) is 4.92 Å². The Morgan fingerprint density at radius 1 is 1.58 bits per heavy atom. The Bertz CT molecular complexity index is 316. The number of hydrogen-bond acceptors (Lipinski definition) is 4. The topological polar surface area (TPSA) is 78.4 Å². The van der Waals surface area contributed by atoms with Gasteiger partial charge in [0.2, 0.25) is 0 Å². The first kappa shape index (κ1) is 8.95. The lowest BCUT2D eigenvalue weighted by atomic mass is 10.3. The molecule has 0 saturated heterocycles. The Hall–Kier alpha value is -1.14. The highest BCUT2D eigenvalue weighted by Gasteiger charge is 2.15. The van der Waals surface area contributed by atoms with Crippen LogP contribution in [0.4, 0.5) is 5.69 Å². The van der Waals surface area contributed by atoms with Crippen LogP contribution >= 0.6 is 15.9 Å². The van der Waals surface area contributed by atoms with E-state index in [0.717, 1.165) is 0 Å². The lowest BCUT2D eigenvalue weighted by Crippen LogP contribution is -2.03. The lowest BCUT2D eigenvalue weighted by Gasteiger charge is -2.00. The zero-order valence-electron chi connectivity index (χ0n) is 5.86. The van der Waals surface area contributed by atoms with Gasteiger partial charge < -0.3 is 4.84 Å². The van der Waals surface area contributed by atoms with Gasteiger partial charge in [0, 0.05) is 6.07 Å². The van der Waals surface area contributed by atoms with Crippen LogP contribution in [0.3, 0.4) is 0 Å². The number of hydrogen-bond donors (Lipinski definition) is 1. The van der Waals surface area contributed by atoms with Gasteiger partial charge in [0.25, 0.3) is 5.69 Å². The van der Waals surface area contributed by atoms with Crippen molar-refractivity contribution in [2.24, 2.45) is 5.90 Å². The molecule has 0 unspecified atom stereocenters. The van der Waals surface area contributed by atoms with E-state index < -0.39 is 4.92 Å². The minimum atomic E-state index is -0.521. The third-order valence-corrected chi connectivity index (χ3v) is 2.06. The fourth-order valence-electron chi connectivity index (χ4n) is 0.731. The smallest absolute Gasteiger partial charge is 0.287 e. The molecule has 0 fully saturated rings. The van der Waals surface area contributed by atoms with Crippen molar-refractivity contribution in [2.45, 2.75) is 0 Å². The van der Waals surface area contributed by atoms with Crippen LogP contribution in [-0.2, 0) is 0 Å². The van der Waals surface area contributed by atoms with Gasteiger partial charge >= 0.3 is 0 Å².